The predicted octanol–water partition coefficient (Wildman–Crippen LogP) is 2.92. The maximum Gasteiger partial charge on any atom is 0.329 e. The van der Waals surface area contributed by atoms with Crippen molar-refractivity contribution in [2.45, 2.75) is 19.9 Å². The van der Waals surface area contributed by atoms with Crippen molar-refractivity contribution < 1.29 is 9.59 Å². The number of carbonyl (C=O) groups excluding carboxylic acids is 2. The van der Waals surface area contributed by atoms with Gasteiger partial charge in [-0.05, 0) is 17.4 Å². The molecule has 0 spiro atoms. The fraction of sp³-hybridized carbons (Fsp3) is 0.250. The maximum absolute atomic E-state index is 12.4. The molecule has 0 unspecified atom stereocenters. The zero-order chi connectivity index (χ0) is 14.3. The van der Waals surface area contributed by atoms with Gasteiger partial charge in [0.05, 0.1) is 5.69 Å². The van der Waals surface area contributed by atoms with E-state index in [4.69, 9.17) is 0 Å². The van der Waals surface area contributed by atoms with E-state index in [1.807, 2.05) is 56.3 Å². The first-order chi connectivity index (χ1) is 9.59. The van der Waals surface area contributed by atoms with Gasteiger partial charge in [-0.25, -0.2) is 9.69 Å². The molecular weight excluding hydrogens is 252 g/mol. The second-order valence-electron chi connectivity index (χ2n) is 5.34. The number of nitrogens with zero attached hydrogens (tertiary/aromatic N) is 1. The normalized spacial score (nSPS) is 18.9. The van der Waals surface area contributed by atoms with Crippen molar-refractivity contribution in [1.29, 1.82) is 0 Å². The molecule has 2 aromatic rings. The average Bonchev–Trinajstić information content (AvgIpc) is 2.74. The molecule has 0 aromatic heterocycles. The summed E-state index contributed by atoms with van der Waals surface area (Å²) in [6.07, 6.45) is 0. The highest BCUT2D eigenvalue weighted by Crippen LogP contribution is 2.29. The largest absolute Gasteiger partial charge is 0.329 e. The van der Waals surface area contributed by atoms with E-state index in [0.29, 0.717) is 5.69 Å². The molecule has 4 nitrogen and oxygen atoms in total. The van der Waals surface area contributed by atoms with E-state index >= 15 is 0 Å². The summed E-state index contributed by atoms with van der Waals surface area (Å²) < 4.78 is 0. The Morgan fingerprint density at radius 2 is 1.75 bits per heavy atom. The van der Waals surface area contributed by atoms with Crippen molar-refractivity contribution in [3.05, 3.63) is 42.5 Å². The molecule has 1 N–H and O–H groups in total. The number of urea groups is 1. The minimum atomic E-state index is -0.443. The second-order valence-corrected chi connectivity index (χ2v) is 5.34. The summed E-state index contributed by atoms with van der Waals surface area (Å²) in [5.41, 5.74) is 0.647. The van der Waals surface area contributed by atoms with Gasteiger partial charge in [0.25, 0.3) is 5.91 Å². The lowest BCUT2D eigenvalue weighted by atomic mass is 10.0. The molecule has 0 radical (unpaired) electrons. The Kier molecular flexibility index (Phi) is 2.93. The predicted molar refractivity (Wildman–Crippen MR) is 78.6 cm³/mol. The Labute approximate surface area is 117 Å². The highest BCUT2D eigenvalue weighted by atomic mass is 16.2. The molecule has 1 heterocycles. The molecule has 20 heavy (non-hydrogen) atoms. The number of benzene rings is 2. The van der Waals surface area contributed by atoms with Crippen molar-refractivity contribution in [2.75, 3.05) is 4.90 Å². The van der Waals surface area contributed by atoms with E-state index in [9.17, 15) is 9.59 Å². The minimum Gasteiger partial charge on any atom is -0.325 e. The molecule has 1 saturated heterocycles. The Hall–Kier alpha value is -2.36. The third-order valence-electron chi connectivity index (χ3n) is 3.64. The molecule has 2 aromatic carbocycles. The zero-order valence-electron chi connectivity index (χ0n) is 11.5. The van der Waals surface area contributed by atoms with E-state index in [-0.39, 0.29) is 17.9 Å². The van der Waals surface area contributed by atoms with Crippen LogP contribution in [-0.4, -0.2) is 18.0 Å². The number of amides is 3. The number of hydrogen-bond donors (Lipinski definition) is 1. The Morgan fingerprint density at radius 1 is 1.05 bits per heavy atom. The van der Waals surface area contributed by atoms with E-state index in [0.717, 1.165) is 10.8 Å². The Bertz CT molecular complexity index is 688. The fourth-order valence-corrected chi connectivity index (χ4v) is 2.58. The maximum atomic E-state index is 12.4. The average molecular weight is 268 g/mol. The number of anilines is 1. The summed E-state index contributed by atoms with van der Waals surface area (Å²) in [6, 6.07) is 12.6. The molecule has 1 atom stereocenters. The second kappa shape index (κ2) is 4.63. The molecular formula is C16H16N2O2. The van der Waals surface area contributed by atoms with Crippen molar-refractivity contribution in [3.8, 4) is 0 Å². The minimum absolute atomic E-state index is 0.0754. The van der Waals surface area contributed by atoms with Gasteiger partial charge in [-0.2, -0.15) is 0 Å². The lowest BCUT2D eigenvalue weighted by Gasteiger charge is -2.16. The standard InChI is InChI=1S/C16H16N2O2/c1-10(2)14-15(19)18(16(20)17-14)13-9-5-7-11-6-3-4-8-12(11)13/h3-10,14H,1-2H3,(H,17,20)/t14-/m0/s1. The van der Waals surface area contributed by atoms with Gasteiger partial charge in [-0.15, -0.1) is 0 Å². The Balaban J connectivity index is 2.12. The number of carbonyl (C=O) groups is 2. The van der Waals surface area contributed by atoms with Crippen LogP contribution in [0.25, 0.3) is 10.8 Å². The van der Waals surface area contributed by atoms with E-state index in [2.05, 4.69) is 5.32 Å². The first kappa shape index (κ1) is 12.7. The zero-order valence-corrected chi connectivity index (χ0v) is 11.5. The van der Waals surface area contributed by atoms with Crippen LogP contribution < -0.4 is 10.2 Å². The van der Waals surface area contributed by atoms with Gasteiger partial charge >= 0.3 is 6.03 Å². The van der Waals surface area contributed by atoms with Crippen LogP contribution in [0.5, 0.6) is 0 Å². The quantitative estimate of drug-likeness (QED) is 0.851. The van der Waals surface area contributed by atoms with Crippen LogP contribution in [0.3, 0.4) is 0 Å². The van der Waals surface area contributed by atoms with Crippen LogP contribution in [-0.2, 0) is 4.79 Å². The first-order valence-corrected chi connectivity index (χ1v) is 6.72. The van der Waals surface area contributed by atoms with Crippen molar-refractivity contribution in [3.63, 3.8) is 0 Å². The van der Waals surface area contributed by atoms with Crippen molar-refractivity contribution in [1.82, 2.24) is 5.32 Å². The fourth-order valence-electron chi connectivity index (χ4n) is 2.58. The third-order valence-corrected chi connectivity index (χ3v) is 3.64. The number of nitrogens with one attached hydrogen (secondary N) is 1. The molecule has 1 fully saturated rings. The van der Waals surface area contributed by atoms with Gasteiger partial charge in [0.1, 0.15) is 6.04 Å². The third kappa shape index (κ3) is 1.84. The topological polar surface area (TPSA) is 49.4 Å². The van der Waals surface area contributed by atoms with Crippen LogP contribution in [0.4, 0.5) is 10.5 Å². The molecule has 0 aliphatic carbocycles. The summed E-state index contributed by atoms with van der Waals surface area (Å²) >= 11 is 0. The Morgan fingerprint density at radius 3 is 2.45 bits per heavy atom. The smallest absolute Gasteiger partial charge is 0.325 e. The molecule has 4 heteroatoms. The van der Waals surface area contributed by atoms with Crippen LogP contribution in [0, 0.1) is 5.92 Å². The summed E-state index contributed by atoms with van der Waals surface area (Å²) in [6.45, 7) is 3.85. The number of rotatable bonds is 2. The summed E-state index contributed by atoms with van der Waals surface area (Å²) in [4.78, 5) is 25.8. The molecule has 1 aliphatic heterocycles. The number of imide groups is 1. The molecule has 0 bridgehead atoms. The van der Waals surface area contributed by atoms with Gasteiger partial charge in [0, 0.05) is 5.39 Å². The molecule has 102 valence electrons. The van der Waals surface area contributed by atoms with Gasteiger partial charge in [0.15, 0.2) is 0 Å². The van der Waals surface area contributed by atoms with Crippen molar-refractivity contribution >= 4 is 28.4 Å². The van der Waals surface area contributed by atoms with E-state index < -0.39 is 6.04 Å². The summed E-state index contributed by atoms with van der Waals surface area (Å²) in [5, 5.41) is 4.67. The van der Waals surface area contributed by atoms with Gasteiger partial charge in [-0.3, -0.25) is 4.79 Å². The monoisotopic (exact) mass is 268 g/mol. The van der Waals surface area contributed by atoms with Gasteiger partial charge in [0.2, 0.25) is 0 Å². The highest BCUT2D eigenvalue weighted by molar-refractivity contribution is 6.24. The van der Waals surface area contributed by atoms with Crippen molar-refractivity contribution in [2.24, 2.45) is 5.92 Å². The lowest BCUT2D eigenvalue weighted by molar-refractivity contribution is -0.119. The van der Waals surface area contributed by atoms with Crippen LogP contribution in [0.1, 0.15) is 13.8 Å². The molecule has 3 rings (SSSR count). The molecule has 3 amide bonds. The molecule has 1 aliphatic rings. The lowest BCUT2D eigenvalue weighted by Crippen LogP contribution is -2.34. The highest BCUT2D eigenvalue weighted by Gasteiger charge is 2.40. The summed E-state index contributed by atoms with van der Waals surface area (Å²) in [5.74, 6) is -0.104. The van der Waals surface area contributed by atoms with Crippen LogP contribution in [0.15, 0.2) is 42.5 Å². The summed E-state index contributed by atoms with van der Waals surface area (Å²) in [7, 11) is 0. The molecule has 0 saturated carbocycles. The first-order valence-electron chi connectivity index (χ1n) is 6.72. The van der Waals surface area contributed by atoms with Crippen LogP contribution >= 0.6 is 0 Å². The van der Waals surface area contributed by atoms with Gasteiger partial charge in [-0.1, -0.05) is 50.2 Å². The number of hydrogen-bond acceptors (Lipinski definition) is 2. The van der Waals surface area contributed by atoms with Gasteiger partial charge < -0.3 is 5.32 Å². The van der Waals surface area contributed by atoms with E-state index in [1.165, 1.54) is 4.90 Å². The number of fused-ring (bicyclic) bond motifs is 1. The van der Waals surface area contributed by atoms with E-state index in [1.54, 1.807) is 0 Å². The SMILES string of the molecule is CC(C)[C@@H]1NC(=O)N(c2cccc3ccccc23)C1=O. The van der Waals surface area contributed by atoms with Crippen LogP contribution in [0.2, 0.25) is 0 Å².